The summed E-state index contributed by atoms with van der Waals surface area (Å²) in [6.07, 6.45) is -0.000832. The molecule has 0 spiro atoms. The number of amides is 2. The maximum atomic E-state index is 12.5. The average Bonchev–Trinajstić information content (AvgIpc) is 3.26. The summed E-state index contributed by atoms with van der Waals surface area (Å²) in [5.41, 5.74) is 1.16. The van der Waals surface area contributed by atoms with Crippen molar-refractivity contribution >= 4 is 38.5 Å². The van der Waals surface area contributed by atoms with E-state index < -0.39 is 0 Å². The molecule has 1 saturated heterocycles. The number of imide groups is 1. The first-order valence-electron chi connectivity index (χ1n) is 6.36. The maximum Gasteiger partial charge on any atom is 0.261 e. The third-order valence-electron chi connectivity index (χ3n) is 3.73. The topological polar surface area (TPSA) is 49.9 Å². The number of rotatable bonds is 2. The van der Waals surface area contributed by atoms with E-state index in [0.717, 1.165) is 15.2 Å². The Morgan fingerprint density at radius 2 is 1.85 bits per heavy atom. The molecule has 1 unspecified atom stereocenters. The van der Waals surface area contributed by atoms with Gasteiger partial charge in [-0.05, 0) is 23.6 Å². The zero-order chi connectivity index (χ0) is 13.9. The van der Waals surface area contributed by atoms with E-state index >= 15 is 0 Å². The van der Waals surface area contributed by atoms with Crippen LogP contribution in [0, 0.1) is 0 Å². The molecule has 2 aromatic carbocycles. The summed E-state index contributed by atoms with van der Waals surface area (Å²) in [7, 11) is 0. The van der Waals surface area contributed by atoms with Crippen LogP contribution >= 0.6 is 15.9 Å². The summed E-state index contributed by atoms with van der Waals surface area (Å²) in [4.78, 5) is 26.3. The van der Waals surface area contributed by atoms with Crippen LogP contribution in [0.4, 0.5) is 0 Å². The van der Waals surface area contributed by atoms with Crippen molar-refractivity contribution in [2.24, 2.45) is 0 Å². The average molecular weight is 332 g/mol. The van der Waals surface area contributed by atoms with Crippen LogP contribution in [-0.4, -0.2) is 36.0 Å². The molecule has 2 aliphatic heterocycles. The predicted octanol–water partition coefficient (Wildman–Crippen LogP) is 2.60. The zero-order valence-corrected chi connectivity index (χ0v) is 12.0. The van der Waals surface area contributed by atoms with Gasteiger partial charge in [0, 0.05) is 21.0 Å². The fraction of sp³-hybridized carbons (Fsp3) is 0.200. The molecular formula is C15H10BrNO3. The lowest BCUT2D eigenvalue weighted by Gasteiger charge is -2.26. The molecule has 100 valence electrons. The van der Waals surface area contributed by atoms with Crippen molar-refractivity contribution in [3.63, 3.8) is 0 Å². The number of halogens is 1. The molecule has 0 aliphatic carbocycles. The molecular weight excluding hydrogens is 322 g/mol. The standard InChI is InChI=1S/C15H10BrNO3/c16-12-5-4-11-13-9(12)2-1-3-10(13)14(18)17(15(11)19)6-8-7-20-8/h1-5,8H,6-7H2. The fourth-order valence-corrected chi connectivity index (χ4v) is 3.12. The molecule has 4 nitrogen and oxygen atoms in total. The minimum absolute atomic E-state index is 0.000832. The summed E-state index contributed by atoms with van der Waals surface area (Å²) in [6.45, 7) is 0.956. The number of nitrogens with zero attached hydrogens (tertiary/aromatic N) is 1. The molecule has 1 atom stereocenters. The quantitative estimate of drug-likeness (QED) is 0.627. The van der Waals surface area contributed by atoms with Gasteiger partial charge < -0.3 is 4.74 Å². The van der Waals surface area contributed by atoms with Gasteiger partial charge in [0.05, 0.1) is 19.3 Å². The molecule has 5 heteroatoms. The number of ether oxygens (including phenoxy) is 1. The van der Waals surface area contributed by atoms with E-state index in [1.54, 1.807) is 12.1 Å². The van der Waals surface area contributed by atoms with Gasteiger partial charge in [-0.2, -0.15) is 0 Å². The molecule has 2 amide bonds. The molecule has 2 heterocycles. The van der Waals surface area contributed by atoms with Gasteiger partial charge in [-0.25, -0.2) is 0 Å². The number of carbonyl (C=O) groups is 2. The number of epoxide rings is 1. The Morgan fingerprint density at radius 3 is 2.55 bits per heavy atom. The van der Waals surface area contributed by atoms with E-state index in [0.29, 0.717) is 24.3 Å². The molecule has 2 aliphatic rings. The lowest BCUT2D eigenvalue weighted by atomic mass is 9.94. The number of hydrogen-bond donors (Lipinski definition) is 0. The maximum absolute atomic E-state index is 12.5. The van der Waals surface area contributed by atoms with Crippen molar-refractivity contribution in [1.82, 2.24) is 4.90 Å². The Morgan fingerprint density at radius 1 is 1.15 bits per heavy atom. The van der Waals surface area contributed by atoms with Crippen LogP contribution in [0.3, 0.4) is 0 Å². The third kappa shape index (κ3) is 1.63. The van der Waals surface area contributed by atoms with Gasteiger partial charge in [0.1, 0.15) is 0 Å². The lowest BCUT2D eigenvalue weighted by molar-refractivity contribution is 0.0598. The van der Waals surface area contributed by atoms with Crippen LogP contribution in [-0.2, 0) is 4.74 Å². The number of benzene rings is 2. The zero-order valence-electron chi connectivity index (χ0n) is 10.4. The van der Waals surface area contributed by atoms with Gasteiger partial charge in [-0.1, -0.05) is 28.1 Å². The van der Waals surface area contributed by atoms with Crippen LogP contribution in [0.15, 0.2) is 34.8 Å². The highest BCUT2D eigenvalue weighted by molar-refractivity contribution is 9.10. The second-order valence-electron chi connectivity index (χ2n) is 5.00. The first-order chi connectivity index (χ1) is 9.66. The predicted molar refractivity (Wildman–Crippen MR) is 76.8 cm³/mol. The van der Waals surface area contributed by atoms with Crippen LogP contribution in [0.2, 0.25) is 0 Å². The molecule has 0 saturated carbocycles. The molecule has 2 aromatic rings. The summed E-state index contributed by atoms with van der Waals surface area (Å²) < 4.78 is 6.02. The van der Waals surface area contributed by atoms with E-state index in [2.05, 4.69) is 15.9 Å². The van der Waals surface area contributed by atoms with Crippen molar-refractivity contribution in [3.8, 4) is 0 Å². The van der Waals surface area contributed by atoms with Gasteiger partial charge >= 0.3 is 0 Å². The van der Waals surface area contributed by atoms with Gasteiger partial charge in [-0.3, -0.25) is 14.5 Å². The summed E-state index contributed by atoms with van der Waals surface area (Å²) in [5.74, 6) is -0.469. The summed E-state index contributed by atoms with van der Waals surface area (Å²) >= 11 is 3.47. The second-order valence-corrected chi connectivity index (χ2v) is 5.85. The Kier molecular flexibility index (Phi) is 2.49. The van der Waals surface area contributed by atoms with Crippen molar-refractivity contribution in [2.75, 3.05) is 13.2 Å². The third-order valence-corrected chi connectivity index (χ3v) is 4.42. The van der Waals surface area contributed by atoms with E-state index in [4.69, 9.17) is 4.74 Å². The second kappa shape index (κ2) is 4.14. The largest absolute Gasteiger partial charge is 0.371 e. The van der Waals surface area contributed by atoms with E-state index in [-0.39, 0.29) is 17.9 Å². The Labute approximate surface area is 123 Å². The Bertz CT molecular complexity index is 745. The lowest BCUT2D eigenvalue weighted by Crippen LogP contribution is -2.42. The summed E-state index contributed by atoms with van der Waals surface area (Å²) in [6, 6.07) is 9.14. The van der Waals surface area contributed by atoms with Crippen molar-refractivity contribution in [3.05, 3.63) is 45.9 Å². The van der Waals surface area contributed by atoms with Crippen LogP contribution in [0.5, 0.6) is 0 Å². The number of hydrogen-bond acceptors (Lipinski definition) is 3. The number of carbonyl (C=O) groups excluding carboxylic acids is 2. The van der Waals surface area contributed by atoms with E-state index in [9.17, 15) is 9.59 Å². The van der Waals surface area contributed by atoms with Gasteiger partial charge in [0.25, 0.3) is 11.8 Å². The van der Waals surface area contributed by atoms with Crippen molar-refractivity contribution in [1.29, 1.82) is 0 Å². The molecule has 0 radical (unpaired) electrons. The van der Waals surface area contributed by atoms with Crippen LogP contribution in [0.25, 0.3) is 10.8 Å². The highest BCUT2D eigenvalue weighted by atomic mass is 79.9. The highest BCUT2D eigenvalue weighted by Crippen LogP contribution is 2.34. The van der Waals surface area contributed by atoms with Gasteiger partial charge in [-0.15, -0.1) is 0 Å². The summed E-state index contributed by atoms with van der Waals surface area (Å²) in [5, 5.41) is 1.63. The fourth-order valence-electron chi connectivity index (χ4n) is 2.65. The SMILES string of the molecule is O=C1c2cccc3c(Br)ccc(c23)C(=O)N1CC1CO1. The smallest absolute Gasteiger partial charge is 0.261 e. The monoisotopic (exact) mass is 331 g/mol. The molecule has 4 rings (SSSR count). The van der Waals surface area contributed by atoms with Crippen LogP contribution < -0.4 is 0 Å². The highest BCUT2D eigenvalue weighted by Gasteiger charge is 2.37. The van der Waals surface area contributed by atoms with Crippen LogP contribution in [0.1, 0.15) is 20.7 Å². The molecule has 20 heavy (non-hydrogen) atoms. The van der Waals surface area contributed by atoms with E-state index in [1.165, 1.54) is 4.90 Å². The Balaban J connectivity index is 1.96. The molecule has 0 bridgehead atoms. The normalized spacial score (nSPS) is 20.6. The molecule has 0 N–H and O–H groups in total. The molecule has 0 aromatic heterocycles. The minimum Gasteiger partial charge on any atom is -0.371 e. The van der Waals surface area contributed by atoms with Gasteiger partial charge in [0.15, 0.2) is 0 Å². The van der Waals surface area contributed by atoms with Crippen molar-refractivity contribution in [2.45, 2.75) is 6.10 Å². The molecule has 1 fully saturated rings. The van der Waals surface area contributed by atoms with Gasteiger partial charge in [0.2, 0.25) is 0 Å². The van der Waals surface area contributed by atoms with Crippen molar-refractivity contribution < 1.29 is 14.3 Å². The Hall–Kier alpha value is -1.72. The van der Waals surface area contributed by atoms with E-state index in [1.807, 2.05) is 18.2 Å². The minimum atomic E-state index is -0.235. The first-order valence-corrected chi connectivity index (χ1v) is 7.15. The first kappa shape index (κ1) is 12.1.